The number of hydrogen-bond acceptors (Lipinski definition) is 4. The quantitative estimate of drug-likeness (QED) is 0.692. The fourth-order valence-corrected chi connectivity index (χ4v) is 1.15. The number of aliphatic hydroxyl groups excluding tert-OH is 1. The highest BCUT2D eigenvalue weighted by atomic mass is 35.5. The second kappa shape index (κ2) is 6.83. The molecule has 0 saturated carbocycles. The van der Waals surface area contributed by atoms with E-state index in [2.05, 4.69) is 5.32 Å². The number of ether oxygens (including phenoxy) is 1. The third-order valence-electron chi connectivity index (χ3n) is 1.96. The molecule has 1 aromatic carbocycles. The van der Waals surface area contributed by atoms with Crippen LogP contribution in [0.15, 0.2) is 24.3 Å². The van der Waals surface area contributed by atoms with Gasteiger partial charge in [0.05, 0.1) is 6.54 Å². The Hall–Kier alpha value is -1.79. The van der Waals surface area contributed by atoms with Gasteiger partial charge in [0.1, 0.15) is 5.75 Å². The zero-order valence-electron chi connectivity index (χ0n) is 9.30. The standard InChI is InChI=1S/C11H12ClNO5/c12-7-1-3-8(4-2-7)18-6-10(15)13-5-9(14)11(16)17/h1-4,9,14H,5-6H2,(H,13,15)(H,16,17). The summed E-state index contributed by atoms with van der Waals surface area (Å²) < 4.78 is 5.12. The first-order valence-electron chi connectivity index (χ1n) is 5.05. The van der Waals surface area contributed by atoms with Crippen molar-refractivity contribution >= 4 is 23.5 Å². The van der Waals surface area contributed by atoms with Crippen LogP contribution in [-0.2, 0) is 9.59 Å². The van der Waals surface area contributed by atoms with Gasteiger partial charge in [0, 0.05) is 5.02 Å². The minimum atomic E-state index is -1.62. The van der Waals surface area contributed by atoms with E-state index >= 15 is 0 Å². The van der Waals surface area contributed by atoms with Crippen LogP contribution in [0.3, 0.4) is 0 Å². The Kier molecular flexibility index (Phi) is 5.41. The van der Waals surface area contributed by atoms with Crippen molar-refractivity contribution in [2.45, 2.75) is 6.10 Å². The maximum absolute atomic E-state index is 11.2. The molecule has 1 atom stereocenters. The Morgan fingerprint density at radius 3 is 2.50 bits per heavy atom. The average Bonchev–Trinajstić information content (AvgIpc) is 2.35. The fraction of sp³-hybridized carbons (Fsp3) is 0.273. The molecule has 0 aliphatic carbocycles. The lowest BCUT2D eigenvalue weighted by molar-refractivity contribution is -0.146. The van der Waals surface area contributed by atoms with E-state index in [1.807, 2.05) is 0 Å². The highest BCUT2D eigenvalue weighted by Gasteiger charge is 2.14. The number of aliphatic hydroxyl groups is 1. The van der Waals surface area contributed by atoms with Gasteiger partial charge in [0.2, 0.25) is 0 Å². The van der Waals surface area contributed by atoms with Gasteiger partial charge in [-0.25, -0.2) is 4.79 Å². The maximum Gasteiger partial charge on any atom is 0.334 e. The fourth-order valence-electron chi connectivity index (χ4n) is 1.03. The van der Waals surface area contributed by atoms with Gasteiger partial charge in [-0.1, -0.05) is 11.6 Å². The van der Waals surface area contributed by atoms with Crippen LogP contribution in [-0.4, -0.2) is 41.3 Å². The normalized spacial score (nSPS) is 11.7. The predicted molar refractivity (Wildman–Crippen MR) is 63.6 cm³/mol. The topological polar surface area (TPSA) is 95.9 Å². The second-order valence-electron chi connectivity index (χ2n) is 3.40. The lowest BCUT2D eigenvalue weighted by atomic mass is 10.3. The Morgan fingerprint density at radius 1 is 1.33 bits per heavy atom. The lowest BCUT2D eigenvalue weighted by Crippen LogP contribution is -2.38. The van der Waals surface area contributed by atoms with Gasteiger partial charge in [-0.15, -0.1) is 0 Å². The molecule has 7 heteroatoms. The second-order valence-corrected chi connectivity index (χ2v) is 3.84. The van der Waals surface area contributed by atoms with E-state index in [1.165, 1.54) is 0 Å². The zero-order valence-corrected chi connectivity index (χ0v) is 10.1. The van der Waals surface area contributed by atoms with Crippen molar-refractivity contribution in [3.05, 3.63) is 29.3 Å². The van der Waals surface area contributed by atoms with Gasteiger partial charge in [-0.2, -0.15) is 0 Å². The number of nitrogens with one attached hydrogen (secondary N) is 1. The van der Waals surface area contributed by atoms with Crippen molar-refractivity contribution in [3.63, 3.8) is 0 Å². The maximum atomic E-state index is 11.2. The Balaban J connectivity index is 2.29. The van der Waals surface area contributed by atoms with Crippen molar-refractivity contribution in [1.29, 1.82) is 0 Å². The summed E-state index contributed by atoms with van der Waals surface area (Å²) in [6.45, 7) is -0.633. The molecule has 0 fully saturated rings. The number of amides is 1. The molecule has 6 nitrogen and oxygen atoms in total. The summed E-state index contributed by atoms with van der Waals surface area (Å²) in [4.78, 5) is 21.5. The number of carbonyl (C=O) groups excluding carboxylic acids is 1. The molecule has 1 aromatic rings. The number of rotatable bonds is 6. The summed E-state index contributed by atoms with van der Waals surface area (Å²) in [5, 5.41) is 20.1. The van der Waals surface area contributed by atoms with Crippen molar-refractivity contribution in [1.82, 2.24) is 5.32 Å². The van der Waals surface area contributed by atoms with Gasteiger partial charge in [0.15, 0.2) is 12.7 Å². The van der Waals surface area contributed by atoms with Crippen LogP contribution in [0, 0.1) is 0 Å². The molecule has 0 saturated heterocycles. The molecule has 0 bridgehead atoms. The van der Waals surface area contributed by atoms with Crippen LogP contribution in [0.1, 0.15) is 0 Å². The van der Waals surface area contributed by atoms with Crippen LogP contribution < -0.4 is 10.1 Å². The summed E-state index contributed by atoms with van der Waals surface area (Å²) in [6, 6.07) is 6.43. The van der Waals surface area contributed by atoms with Crippen molar-refractivity contribution in [2.24, 2.45) is 0 Å². The Bertz CT molecular complexity index is 420. The number of aliphatic carboxylic acids is 1. The average molecular weight is 274 g/mol. The van der Waals surface area contributed by atoms with E-state index in [1.54, 1.807) is 24.3 Å². The number of halogens is 1. The number of carboxylic acid groups (broad SMARTS) is 1. The summed E-state index contributed by atoms with van der Waals surface area (Å²) >= 11 is 5.67. The molecular formula is C11H12ClNO5. The molecule has 0 aliphatic rings. The van der Waals surface area contributed by atoms with Crippen LogP contribution in [0.5, 0.6) is 5.75 Å². The molecule has 18 heavy (non-hydrogen) atoms. The minimum Gasteiger partial charge on any atom is -0.484 e. The summed E-state index contributed by atoms with van der Waals surface area (Å²) in [5.41, 5.74) is 0. The molecule has 1 unspecified atom stereocenters. The summed E-state index contributed by atoms with van der Waals surface area (Å²) in [7, 11) is 0. The highest BCUT2D eigenvalue weighted by Crippen LogP contribution is 2.15. The van der Waals surface area contributed by atoms with Gasteiger partial charge < -0.3 is 20.3 Å². The third kappa shape index (κ3) is 5.03. The van der Waals surface area contributed by atoms with E-state index < -0.39 is 18.0 Å². The molecule has 1 amide bonds. The van der Waals surface area contributed by atoms with Gasteiger partial charge in [-0.3, -0.25) is 4.79 Å². The van der Waals surface area contributed by atoms with E-state index in [9.17, 15) is 9.59 Å². The smallest absolute Gasteiger partial charge is 0.334 e. The number of carboxylic acids is 1. The highest BCUT2D eigenvalue weighted by molar-refractivity contribution is 6.30. The molecule has 0 heterocycles. The third-order valence-corrected chi connectivity index (χ3v) is 2.21. The van der Waals surface area contributed by atoms with E-state index in [-0.39, 0.29) is 13.2 Å². The molecule has 0 radical (unpaired) electrons. The first kappa shape index (κ1) is 14.3. The van der Waals surface area contributed by atoms with Crippen molar-refractivity contribution < 1.29 is 24.5 Å². The monoisotopic (exact) mass is 273 g/mol. The largest absolute Gasteiger partial charge is 0.484 e. The summed E-state index contributed by atoms with van der Waals surface area (Å²) in [5.74, 6) is -1.45. The SMILES string of the molecule is O=C(COc1ccc(Cl)cc1)NCC(O)C(=O)O. The predicted octanol–water partition coefficient (Wildman–Crippen LogP) is 0.280. The molecule has 0 spiro atoms. The Morgan fingerprint density at radius 2 is 1.94 bits per heavy atom. The van der Waals surface area contributed by atoms with Crippen molar-refractivity contribution in [3.8, 4) is 5.75 Å². The van der Waals surface area contributed by atoms with Gasteiger partial charge >= 0.3 is 5.97 Å². The molecule has 1 rings (SSSR count). The Labute approximate surface area is 108 Å². The van der Waals surface area contributed by atoms with E-state index in [0.717, 1.165) is 0 Å². The number of carbonyl (C=O) groups is 2. The molecule has 3 N–H and O–H groups in total. The van der Waals surface area contributed by atoms with Crippen LogP contribution in [0.2, 0.25) is 5.02 Å². The van der Waals surface area contributed by atoms with E-state index in [0.29, 0.717) is 10.8 Å². The first-order chi connectivity index (χ1) is 8.49. The lowest BCUT2D eigenvalue weighted by Gasteiger charge is -2.09. The molecular weight excluding hydrogens is 262 g/mol. The van der Waals surface area contributed by atoms with Gasteiger partial charge in [0.25, 0.3) is 5.91 Å². The van der Waals surface area contributed by atoms with Crippen molar-refractivity contribution in [2.75, 3.05) is 13.2 Å². The van der Waals surface area contributed by atoms with Gasteiger partial charge in [-0.05, 0) is 24.3 Å². The van der Waals surface area contributed by atoms with Crippen LogP contribution in [0.4, 0.5) is 0 Å². The van der Waals surface area contributed by atoms with E-state index in [4.69, 9.17) is 26.6 Å². The number of benzene rings is 1. The minimum absolute atomic E-state index is 0.270. The molecule has 98 valence electrons. The molecule has 0 aromatic heterocycles. The first-order valence-corrected chi connectivity index (χ1v) is 5.43. The number of hydrogen-bond donors (Lipinski definition) is 3. The van der Waals surface area contributed by atoms with Crippen LogP contribution in [0.25, 0.3) is 0 Å². The zero-order chi connectivity index (χ0) is 13.5. The molecule has 0 aliphatic heterocycles. The van der Waals surface area contributed by atoms with Crippen LogP contribution >= 0.6 is 11.6 Å². The summed E-state index contributed by atoms with van der Waals surface area (Å²) in [6.07, 6.45) is -1.62.